The summed E-state index contributed by atoms with van der Waals surface area (Å²) in [6.07, 6.45) is 1.06. The van der Waals surface area contributed by atoms with Crippen molar-refractivity contribution in [3.8, 4) is 11.5 Å². The van der Waals surface area contributed by atoms with Gasteiger partial charge in [-0.25, -0.2) is 0 Å². The molecular formula is C21H27NO4. The molecule has 5 nitrogen and oxygen atoms in total. The summed E-state index contributed by atoms with van der Waals surface area (Å²) in [5.74, 6) is 0.230. The second-order valence-corrected chi connectivity index (χ2v) is 8.75. The Labute approximate surface area is 157 Å². The Hall–Kier alpha value is -1.30. The van der Waals surface area contributed by atoms with Crippen molar-refractivity contribution in [1.29, 1.82) is 0 Å². The molecule has 3 fully saturated rings. The van der Waals surface area contributed by atoms with Crippen LogP contribution in [0.3, 0.4) is 0 Å². The van der Waals surface area contributed by atoms with Gasteiger partial charge in [-0.05, 0) is 62.6 Å². The molecule has 5 heteroatoms. The molecule has 26 heavy (non-hydrogen) atoms. The molecule has 5 aliphatic rings. The summed E-state index contributed by atoms with van der Waals surface area (Å²) >= 11 is 0. The van der Waals surface area contributed by atoms with Crippen LogP contribution in [0, 0.1) is 5.92 Å². The van der Waals surface area contributed by atoms with Gasteiger partial charge in [0.15, 0.2) is 11.5 Å². The maximum absolute atomic E-state index is 12.2. The number of aromatic hydroxyl groups is 1. The molecule has 1 saturated heterocycles. The molecule has 0 radical (unpaired) electrons. The van der Waals surface area contributed by atoms with Gasteiger partial charge in [0.1, 0.15) is 6.10 Å². The molecular weight excluding hydrogens is 330 g/mol. The summed E-state index contributed by atoms with van der Waals surface area (Å²) in [4.78, 5) is 1.86. The zero-order valence-corrected chi connectivity index (χ0v) is 14.7. The molecule has 2 heterocycles. The minimum atomic E-state index is -1.87. The molecule has 2 bridgehead atoms. The number of phenolic OH excluding ortho intramolecular Hbond substituents is 1. The topological polar surface area (TPSA) is 73.2 Å². The van der Waals surface area contributed by atoms with E-state index in [1.165, 1.54) is 0 Å². The third-order valence-electron chi connectivity index (χ3n) is 7.73. The Bertz CT molecular complexity index is 904. The van der Waals surface area contributed by atoms with Crippen LogP contribution in [-0.2, 0) is 11.8 Å². The SMILES string of the molecule is [2H]C([2H])(C1CCC1)N1CC[C@]23c4c5ccc(O)c4O[C@H]2[C@]([2H])(O)CC[C@@]3(O)[C@H]1C5. The third kappa shape index (κ3) is 1.64. The Morgan fingerprint density at radius 3 is 2.92 bits per heavy atom. The number of aliphatic hydroxyl groups is 2. The van der Waals surface area contributed by atoms with Crippen LogP contribution < -0.4 is 4.74 Å². The van der Waals surface area contributed by atoms with Gasteiger partial charge in [-0.1, -0.05) is 12.5 Å². The molecule has 3 N–H and O–H groups in total. The van der Waals surface area contributed by atoms with Crippen LogP contribution in [-0.4, -0.2) is 57.1 Å². The van der Waals surface area contributed by atoms with Crippen LogP contribution in [0.5, 0.6) is 11.5 Å². The molecule has 5 atom stereocenters. The fourth-order valence-corrected chi connectivity index (χ4v) is 6.27. The maximum atomic E-state index is 12.2. The van der Waals surface area contributed by atoms with E-state index in [1.807, 2.05) is 11.0 Å². The number of piperidine rings is 1. The predicted molar refractivity (Wildman–Crippen MR) is 95.4 cm³/mol. The van der Waals surface area contributed by atoms with Crippen molar-refractivity contribution in [2.45, 2.75) is 74.2 Å². The molecule has 3 aliphatic carbocycles. The first-order valence-corrected chi connectivity index (χ1v) is 9.86. The van der Waals surface area contributed by atoms with Crippen LogP contribution in [0.1, 0.15) is 53.8 Å². The summed E-state index contributed by atoms with van der Waals surface area (Å²) in [5, 5.41) is 33.5. The molecule has 140 valence electrons. The summed E-state index contributed by atoms with van der Waals surface area (Å²) in [7, 11) is 0. The van der Waals surface area contributed by atoms with Gasteiger partial charge in [-0.2, -0.15) is 0 Å². The fraction of sp³-hybridized carbons (Fsp3) is 0.714. The number of nitrogens with zero attached hydrogens (tertiary/aromatic N) is 1. The van der Waals surface area contributed by atoms with Gasteiger partial charge in [-0.3, -0.25) is 4.90 Å². The zero-order chi connectivity index (χ0) is 20.4. The quantitative estimate of drug-likeness (QED) is 0.749. The lowest BCUT2D eigenvalue weighted by Crippen LogP contribution is -2.77. The first kappa shape index (κ1) is 13.0. The average molecular weight is 360 g/mol. The molecule has 1 aromatic rings. The molecule has 0 amide bonds. The largest absolute Gasteiger partial charge is 0.504 e. The lowest BCUT2D eigenvalue weighted by molar-refractivity contribution is -0.209. The first-order chi connectivity index (χ1) is 13.6. The number of phenols is 1. The highest BCUT2D eigenvalue weighted by molar-refractivity contribution is 5.62. The van der Waals surface area contributed by atoms with E-state index in [9.17, 15) is 15.3 Å². The van der Waals surface area contributed by atoms with Crippen molar-refractivity contribution in [3.63, 3.8) is 0 Å². The van der Waals surface area contributed by atoms with E-state index < -0.39 is 35.7 Å². The highest BCUT2D eigenvalue weighted by Crippen LogP contribution is 2.65. The van der Waals surface area contributed by atoms with Gasteiger partial charge < -0.3 is 20.1 Å². The zero-order valence-electron chi connectivity index (χ0n) is 17.7. The van der Waals surface area contributed by atoms with Crippen molar-refractivity contribution in [1.82, 2.24) is 4.90 Å². The second kappa shape index (κ2) is 4.94. The standard InChI is InChI=1S/C21H27NO4/c23-14-5-4-13-10-16-21(25)7-6-15(24)19-20(21,17(13)18(14)26-19)8-9-22(16)11-12-2-1-3-12/h4-5,12,15-16,19,23-25H,1-3,6-11H2/t15-,16-,19+,20+,21-/m1/s1/i11D2,15D. The van der Waals surface area contributed by atoms with E-state index in [4.69, 9.17) is 8.85 Å². The van der Waals surface area contributed by atoms with Gasteiger partial charge in [0.05, 0.1) is 18.5 Å². The number of likely N-dealkylation sites (tertiary alicyclic amines) is 1. The summed E-state index contributed by atoms with van der Waals surface area (Å²) in [6, 6.07) is 2.95. The van der Waals surface area contributed by atoms with Gasteiger partial charge in [-0.15, -0.1) is 0 Å². The van der Waals surface area contributed by atoms with Crippen LogP contribution in [0.15, 0.2) is 12.1 Å². The number of ether oxygens (including phenoxy) is 1. The predicted octanol–water partition coefficient (Wildman–Crippen LogP) is 1.71. The maximum Gasteiger partial charge on any atom is 0.165 e. The second-order valence-electron chi connectivity index (χ2n) is 8.75. The highest BCUT2D eigenvalue weighted by Gasteiger charge is 2.72. The van der Waals surface area contributed by atoms with E-state index in [0.717, 1.165) is 30.4 Å². The molecule has 1 spiro atoms. The Kier molecular flexibility index (Phi) is 2.47. The van der Waals surface area contributed by atoms with Gasteiger partial charge in [0.25, 0.3) is 0 Å². The van der Waals surface area contributed by atoms with Crippen molar-refractivity contribution < 1.29 is 24.2 Å². The number of hydrogen-bond acceptors (Lipinski definition) is 5. The Morgan fingerprint density at radius 1 is 1.31 bits per heavy atom. The minimum absolute atomic E-state index is 0.0238. The lowest BCUT2D eigenvalue weighted by atomic mass is 9.48. The van der Waals surface area contributed by atoms with Crippen molar-refractivity contribution >= 4 is 0 Å². The first-order valence-electron chi connectivity index (χ1n) is 11.4. The van der Waals surface area contributed by atoms with Gasteiger partial charge >= 0.3 is 0 Å². The van der Waals surface area contributed by atoms with Crippen molar-refractivity contribution in [3.05, 3.63) is 23.3 Å². The van der Waals surface area contributed by atoms with Crippen LogP contribution in [0.4, 0.5) is 0 Å². The lowest BCUT2D eigenvalue weighted by Gasteiger charge is -2.64. The highest BCUT2D eigenvalue weighted by atomic mass is 16.5. The van der Waals surface area contributed by atoms with E-state index in [-0.39, 0.29) is 30.3 Å². The van der Waals surface area contributed by atoms with E-state index in [2.05, 4.69) is 0 Å². The van der Waals surface area contributed by atoms with E-state index in [0.29, 0.717) is 19.4 Å². The van der Waals surface area contributed by atoms with Crippen LogP contribution in [0.2, 0.25) is 0 Å². The van der Waals surface area contributed by atoms with Crippen LogP contribution in [0.25, 0.3) is 0 Å². The van der Waals surface area contributed by atoms with E-state index >= 15 is 0 Å². The third-order valence-corrected chi connectivity index (χ3v) is 7.73. The monoisotopic (exact) mass is 360 g/mol. The molecule has 1 aromatic carbocycles. The fourth-order valence-electron chi connectivity index (χ4n) is 6.27. The Morgan fingerprint density at radius 2 is 2.15 bits per heavy atom. The molecule has 2 aliphatic heterocycles. The van der Waals surface area contributed by atoms with Gasteiger partial charge in [0.2, 0.25) is 0 Å². The number of rotatable bonds is 2. The normalized spacial score (nSPS) is 48.6. The van der Waals surface area contributed by atoms with Crippen molar-refractivity contribution in [2.75, 3.05) is 13.0 Å². The summed E-state index contributed by atoms with van der Waals surface area (Å²) in [5.41, 5.74) is -0.663. The minimum Gasteiger partial charge on any atom is -0.504 e. The Balaban J connectivity index is 1.56. The average Bonchev–Trinajstić information content (AvgIpc) is 2.94. The van der Waals surface area contributed by atoms with Gasteiger partial charge in [0, 0.05) is 20.8 Å². The van der Waals surface area contributed by atoms with Crippen molar-refractivity contribution in [2.24, 2.45) is 5.92 Å². The number of benzene rings is 1. The molecule has 0 aromatic heterocycles. The van der Waals surface area contributed by atoms with Crippen LogP contribution >= 0.6 is 0 Å². The number of hydrogen-bond donors (Lipinski definition) is 3. The molecule has 2 saturated carbocycles. The summed E-state index contributed by atoms with van der Waals surface area (Å²) < 4.78 is 32.3. The molecule has 6 rings (SSSR count). The smallest absolute Gasteiger partial charge is 0.165 e. The molecule has 0 unspecified atom stereocenters. The summed E-state index contributed by atoms with van der Waals surface area (Å²) in [6.45, 7) is -1.07. The van der Waals surface area contributed by atoms with E-state index in [1.54, 1.807) is 6.07 Å².